The summed E-state index contributed by atoms with van der Waals surface area (Å²) in [4.78, 5) is 112. The van der Waals surface area contributed by atoms with Gasteiger partial charge in [-0.1, -0.05) is 45.9 Å². The third-order valence-corrected chi connectivity index (χ3v) is 16.1. The number of pyridine rings is 1. The predicted molar refractivity (Wildman–Crippen MR) is 293 cm³/mol. The van der Waals surface area contributed by atoms with Gasteiger partial charge in [0, 0.05) is 72.7 Å². The second kappa shape index (κ2) is 24.5. The number of cyclic esters (lactones) is 1. The van der Waals surface area contributed by atoms with Gasteiger partial charge in [-0.15, -0.1) is 0 Å². The second-order valence-corrected chi connectivity index (χ2v) is 23.5. The monoisotopic (exact) mass is 1140 g/mol. The van der Waals surface area contributed by atoms with Crippen LogP contribution in [0.4, 0.5) is 14.9 Å². The molecule has 4 aliphatic heterocycles. The van der Waals surface area contributed by atoms with Crippen LogP contribution in [0, 0.1) is 18.7 Å². The summed E-state index contributed by atoms with van der Waals surface area (Å²) in [7, 11) is -3.57. The summed E-state index contributed by atoms with van der Waals surface area (Å²) >= 11 is 0. The summed E-state index contributed by atoms with van der Waals surface area (Å²) in [6.07, 6.45) is 6.92. The number of nitrogens with zero attached hydrogens (tertiary/aromatic N) is 4. The number of esters is 1. The molecule has 24 heteroatoms. The number of hydrogen-bond donors (Lipinski definition) is 5. The first-order valence-corrected chi connectivity index (χ1v) is 28.9. The van der Waals surface area contributed by atoms with E-state index in [1.165, 1.54) is 25.1 Å². The first kappa shape index (κ1) is 59.3. The fourth-order valence-corrected chi connectivity index (χ4v) is 11.1. The van der Waals surface area contributed by atoms with E-state index in [-0.39, 0.29) is 80.6 Å². The summed E-state index contributed by atoms with van der Waals surface area (Å²) in [5.41, 5.74) is 4.11. The maximum atomic E-state index is 15.5. The molecule has 1 aliphatic carbocycles. The minimum atomic E-state index is -3.57. The van der Waals surface area contributed by atoms with Crippen LogP contribution >= 0.6 is 0 Å². The Hall–Kier alpha value is -7.83. The van der Waals surface area contributed by atoms with Crippen LogP contribution in [-0.4, -0.2) is 143 Å². The molecule has 0 spiro atoms. The molecule has 0 saturated heterocycles. The normalized spacial score (nSPS) is 18.9. The number of carbonyl (C=O) groups is 8. The molecule has 22 nitrogen and oxygen atoms in total. The van der Waals surface area contributed by atoms with E-state index in [9.17, 15) is 51.9 Å². The molecule has 4 atom stereocenters. The number of aliphatic hydroxyl groups is 1. The molecule has 1 aromatic heterocycles. The fourth-order valence-electron chi connectivity index (χ4n) is 10.5. The van der Waals surface area contributed by atoms with Crippen molar-refractivity contribution in [2.75, 3.05) is 50.3 Å². The Kier molecular flexibility index (Phi) is 17.9. The molecule has 0 radical (unpaired) electrons. The van der Waals surface area contributed by atoms with Crippen molar-refractivity contribution in [2.45, 2.75) is 116 Å². The second-order valence-electron chi connectivity index (χ2n) is 21.3. The molecule has 5 aliphatic rings. The average Bonchev–Trinajstić information content (AvgIpc) is 2.49. The number of nitrogens with one attached hydrogen (secondary N) is 4. The van der Waals surface area contributed by atoms with Gasteiger partial charge in [0.1, 0.15) is 59.0 Å². The van der Waals surface area contributed by atoms with Gasteiger partial charge in [0.2, 0.25) is 23.6 Å². The number of hydrogen-bond acceptors (Lipinski definition) is 16. The Morgan fingerprint density at radius 2 is 1.70 bits per heavy atom. The number of aryl methyl sites for hydroxylation is 1. The Morgan fingerprint density at radius 1 is 0.988 bits per heavy atom. The van der Waals surface area contributed by atoms with Gasteiger partial charge in [-0.3, -0.25) is 38.6 Å². The molecule has 7 amide bonds. The van der Waals surface area contributed by atoms with Crippen molar-refractivity contribution in [1.29, 1.82) is 0 Å². The lowest BCUT2D eigenvalue weighted by Gasteiger charge is -2.39. The van der Waals surface area contributed by atoms with Crippen LogP contribution in [0.25, 0.3) is 16.6 Å². The van der Waals surface area contributed by atoms with Gasteiger partial charge < -0.3 is 45.5 Å². The standard InChI is InChI=1S/C57H67FN8O14S/c1-8-57(75)34(6)80-55(73)38-26-65-27-39-50-42(18-17-37-32(4)41(58)25-43(49(37)50)62-52(39)44(65)24-40(38)57)61-46(68)29-78-30-64(22-23-81(7,76)77)56(74)79-28-35-13-15-36(16-14-35)60-53(71)33(5)59-54(72)51(31(2)3)63-45(67)12-10-9-11-21-66-47(69)19-20-48(66)70/h13-16,19-20,24-25,31,33,42,51,75H,6,8-12,17-18,21-23,26-30H2,1-5,7H3,(H,59,72)(H,60,71)(H,61,68)(H,63,67)/t33-,42-,51-,57+/m0/s1. The molecule has 0 bridgehead atoms. The number of imide groups is 1. The van der Waals surface area contributed by atoms with Crippen LogP contribution in [0.1, 0.15) is 106 Å². The summed E-state index contributed by atoms with van der Waals surface area (Å²) < 4.78 is 56.5. The number of halogens is 1. The lowest BCUT2D eigenvalue weighted by molar-refractivity contribution is -0.140. The van der Waals surface area contributed by atoms with E-state index in [2.05, 4.69) is 27.8 Å². The highest BCUT2D eigenvalue weighted by Gasteiger charge is 2.47. The molecule has 3 aromatic rings. The number of carbonyl (C=O) groups excluding carboxylic acids is 8. The molecule has 81 heavy (non-hydrogen) atoms. The molecular weight excluding hydrogens is 1070 g/mol. The first-order valence-electron chi connectivity index (χ1n) is 26.9. The van der Waals surface area contributed by atoms with Crippen molar-refractivity contribution in [3.05, 3.63) is 111 Å². The zero-order chi connectivity index (χ0) is 58.7. The summed E-state index contributed by atoms with van der Waals surface area (Å²) in [6, 6.07) is 5.11. The van der Waals surface area contributed by atoms with Crippen LogP contribution < -0.4 is 21.3 Å². The summed E-state index contributed by atoms with van der Waals surface area (Å²) in [6.45, 7) is 11.3. The van der Waals surface area contributed by atoms with Gasteiger partial charge >= 0.3 is 12.1 Å². The van der Waals surface area contributed by atoms with Crippen LogP contribution in [0.2, 0.25) is 0 Å². The van der Waals surface area contributed by atoms with E-state index >= 15 is 4.39 Å². The number of benzene rings is 2. The molecule has 432 valence electrons. The van der Waals surface area contributed by atoms with Crippen molar-refractivity contribution >= 4 is 79.6 Å². The van der Waals surface area contributed by atoms with E-state index in [4.69, 9.17) is 19.2 Å². The van der Waals surface area contributed by atoms with Crippen LogP contribution in [0.5, 0.6) is 0 Å². The highest BCUT2D eigenvalue weighted by Crippen LogP contribution is 2.49. The molecule has 2 aromatic carbocycles. The van der Waals surface area contributed by atoms with E-state index in [0.29, 0.717) is 76.8 Å². The van der Waals surface area contributed by atoms with E-state index in [1.807, 2.05) is 4.90 Å². The van der Waals surface area contributed by atoms with Crippen LogP contribution in [0.3, 0.4) is 0 Å². The van der Waals surface area contributed by atoms with Crippen molar-refractivity contribution in [2.24, 2.45) is 5.92 Å². The van der Waals surface area contributed by atoms with Crippen LogP contribution in [-0.2, 0) is 77.2 Å². The van der Waals surface area contributed by atoms with Gasteiger partial charge in [-0.05, 0) is 92.3 Å². The lowest BCUT2D eigenvalue weighted by atomic mass is 9.81. The largest absolute Gasteiger partial charge is 0.444 e. The Morgan fingerprint density at radius 3 is 2.38 bits per heavy atom. The third kappa shape index (κ3) is 13.2. The third-order valence-electron chi connectivity index (χ3n) is 15.1. The quantitative estimate of drug-likeness (QED) is 0.0385. The van der Waals surface area contributed by atoms with Gasteiger partial charge in [0.05, 0.1) is 40.8 Å². The van der Waals surface area contributed by atoms with Gasteiger partial charge in [-0.25, -0.2) is 27.4 Å². The lowest BCUT2D eigenvalue weighted by Crippen LogP contribution is -2.53. The molecule has 8 rings (SSSR count). The predicted octanol–water partition coefficient (Wildman–Crippen LogP) is 4.19. The molecule has 0 fully saturated rings. The maximum absolute atomic E-state index is 15.5. The maximum Gasteiger partial charge on any atom is 0.411 e. The van der Waals surface area contributed by atoms with Crippen molar-refractivity contribution in [3.63, 3.8) is 0 Å². The summed E-state index contributed by atoms with van der Waals surface area (Å²) in [5, 5.41) is 23.5. The first-order chi connectivity index (χ1) is 38.4. The molecule has 5 heterocycles. The van der Waals surface area contributed by atoms with Gasteiger partial charge in [0.15, 0.2) is 0 Å². The SMILES string of the molecule is C=C1OC(=O)C2=C(C=C3c4nc5cc(F)c(C)c6c5c(c4CN3C2)[C@@H](NC(=O)COCN(CCS(C)(=O)=O)C(=O)OCc2ccc(NC(=O)[C@H](C)NC(=O)[C@@H](NC(=O)CCCCCN3C(=O)C=CC3=O)C(C)C)cc2)CC6)[C@@]1(O)CC. The minimum absolute atomic E-state index is 0.0788. The molecule has 5 N–H and O–H groups in total. The van der Waals surface area contributed by atoms with Crippen molar-refractivity contribution in [1.82, 2.24) is 35.6 Å². The molecule has 0 saturated carbocycles. The Bertz CT molecular complexity index is 3300. The van der Waals surface area contributed by atoms with E-state index in [1.54, 1.807) is 58.0 Å². The zero-order valence-corrected chi connectivity index (χ0v) is 46.9. The number of anilines is 1. The van der Waals surface area contributed by atoms with Gasteiger partial charge in [0.25, 0.3) is 11.8 Å². The van der Waals surface area contributed by atoms with Crippen LogP contribution in [0.15, 0.2) is 72.0 Å². The van der Waals surface area contributed by atoms with Gasteiger partial charge in [-0.2, -0.15) is 0 Å². The van der Waals surface area contributed by atoms with Crippen molar-refractivity contribution in [3.8, 4) is 0 Å². The summed E-state index contributed by atoms with van der Waals surface area (Å²) in [5.74, 6) is -4.61. The number of ether oxygens (including phenoxy) is 3. The number of unbranched alkanes of at least 4 members (excludes halogenated alkanes) is 2. The number of fused-ring (bicyclic) bond motifs is 4. The van der Waals surface area contributed by atoms with Crippen molar-refractivity contribution < 1.29 is 70.5 Å². The topological polar surface area (TPSA) is 289 Å². The smallest absolute Gasteiger partial charge is 0.411 e. The number of amides is 7. The Balaban J connectivity index is 0.837. The zero-order valence-electron chi connectivity index (χ0n) is 46.1. The fraction of sp³-hybridized carbons (Fsp3) is 0.456. The van der Waals surface area contributed by atoms with E-state index < -0.39 is 88.3 Å². The number of sulfone groups is 1. The molecular formula is C57H67FN8O14S. The average molecular weight is 1140 g/mol. The number of rotatable bonds is 23. The number of aromatic nitrogens is 1. The highest BCUT2D eigenvalue weighted by atomic mass is 32.2. The van der Waals surface area contributed by atoms with E-state index in [0.717, 1.165) is 32.7 Å². The minimum Gasteiger partial charge on any atom is -0.444 e. The molecule has 0 unspecified atom stereocenters. The Labute approximate surface area is 468 Å². The highest BCUT2D eigenvalue weighted by molar-refractivity contribution is 7.90.